The lowest BCUT2D eigenvalue weighted by atomic mass is 10.1. The van der Waals surface area contributed by atoms with E-state index in [2.05, 4.69) is 31.3 Å². The first-order valence-electron chi connectivity index (χ1n) is 7.18. The first kappa shape index (κ1) is 13.9. The summed E-state index contributed by atoms with van der Waals surface area (Å²) in [6.45, 7) is 7.90. The lowest BCUT2D eigenvalue weighted by molar-refractivity contribution is 0.334. The number of furan rings is 1. The van der Waals surface area contributed by atoms with Crippen molar-refractivity contribution < 1.29 is 9.15 Å². The molecule has 0 aliphatic carbocycles. The van der Waals surface area contributed by atoms with Gasteiger partial charge in [0.2, 0.25) is 0 Å². The third kappa shape index (κ3) is 3.10. The van der Waals surface area contributed by atoms with Gasteiger partial charge in [-0.3, -0.25) is 0 Å². The third-order valence-corrected chi connectivity index (χ3v) is 3.20. The maximum absolute atomic E-state index is 6.03. The Balaban J connectivity index is 2.36. The highest BCUT2D eigenvalue weighted by molar-refractivity contribution is 5.83. The summed E-state index contributed by atoms with van der Waals surface area (Å²) < 4.78 is 11.6. The normalized spacial score (nSPS) is 12.8. The van der Waals surface area contributed by atoms with E-state index in [1.165, 1.54) is 0 Å². The van der Waals surface area contributed by atoms with Crippen LogP contribution >= 0.6 is 0 Å². The number of para-hydroxylation sites is 1. The number of ether oxygens (including phenoxy) is 1. The van der Waals surface area contributed by atoms with Crippen molar-refractivity contribution in [3.8, 4) is 5.75 Å². The lowest BCUT2D eigenvalue weighted by Gasteiger charge is -2.13. The molecule has 0 saturated carbocycles. The summed E-state index contributed by atoms with van der Waals surface area (Å²) in [5.74, 6) is 1.84. The van der Waals surface area contributed by atoms with Crippen molar-refractivity contribution in [1.29, 1.82) is 0 Å². The maximum atomic E-state index is 6.03. The first-order chi connectivity index (χ1) is 9.30. The van der Waals surface area contributed by atoms with Crippen LogP contribution in [0.3, 0.4) is 0 Å². The van der Waals surface area contributed by atoms with E-state index in [-0.39, 0.29) is 6.04 Å². The van der Waals surface area contributed by atoms with Crippen LogP contribution in [0.25, 0.3) is 11.0 Å². The number of fused-ring (bicyclic) bond motifs is 1. The Hall–Kier alpha value is -1.48. The molecule has 0 fully saturated rings. The highest BCUT2D eigenvalue weighted by Crippen LogP contribution is 2.32. The highest BCUT2D eigenvalue weighted by atomic mass is 16.5. The van der Waals surface area contributed by atoms with Crippen LogP contribution in [-0.4, -0.2) is 13.2 Å². The van der Waals surface area contributed by atoms with Crippen LogP contribution in [0, 0.1) is 0 Å². The molecule has 0 saturated heterocycles. The SMILES string of the molecule is CCCC(NCC)c1cc2cccc(OCC)c2o1. The van der Waals surface area contributed by atoms with Crippen molar-refractivity contribution in [2.24, 2.45) is 0 Å². The number of hydrogen-bond donors (Lipinski definition) is 1. The second-order valence-corrected chi connectivity index (χ2v) is 4.66. The van der Waals surface area contributed by atoms with Crippen molar-refractivity contribution in [2.45, 2.75) is 39.7 Å². The minimum Gasteiger partial charge on any atom is -0.490 e. The van der Waals surface area contributed by atoms with Gasteiger partial charge < -0.3 is 14.5 Å². The molecule has 3 heteroatoms. The van der Waals surface area contributed by atoms with Gasteiger partial charge in [0.15, 0.2) is 11.3 Å². The molecule has 1 atom stereocenters. The van der Waals surface area contributed by atoms with Crippen LogP contribution in [0.2, 0.25) is 0 Å². The summed E-state index contributed by atoms with van der Waals surface area (Å²) in [6, 6.07) is 8.45. The predicted octanol–water partition coefficient (Wildman–Crippen LogP) is 4.28. The van der Waals surface area contributed by atoms with Gasteiger partial charge in [-0.15, -0.1) is 0 Å². The van der Waals surface area contributed by atoms with Gasteiger partial charge in [0.05, 0.1) is 12.6 Å². The molecule has 1 heterocycles. The number of nitrogens with one attached hydrogen (secondary N) is 1. The second-order valence-electron chi connectivity index (χ2n) is 4.66. The second kappa shape index (κ2) is 6.62. The van der Waals surface area contributed by atoms with Crippen molar-refractivity contribution >= 4 is 11.0 Å². The fourth-order valence-corrected chi connectivity index (χ4v) is 2.38. The summed E-state index contributed by atoms with van der Waals surface area (Å²) in [5.41, 5.74) is 0.860. The van der Waals surface area contributed by atoms with Gasteiger partial charge in [0, 0.05) is 5.39 Å². The van der Waals surface area contributed by atoms with E-state index in [0.717, 1.165) is 41.9 Å². The van der Waals surface area contributed by atoms with Crippen molar-refractivity contribution in [3.05, 3.63) is 30.0 Å². The van der Waals surface area contributed by atoms with Crippen molar-refractivity contribution in [1.82, 2.24) is 5.32 Å². The van der Waals surface area contributed by atoms with Gasteiger partial charge >= 0.3 is 0 Å². The number of hydrogen-bond acceptors (Lipinski definition) is 3. The van der Waals surface area contributed by atoms with Crippen LogP contribution in [-0.2, 0) is 0 Å². The Morgan fingerprint density at radius 1 is 1.26 bits per heavy atom. The molecule has 19 heavy (non-hydrogen) atoms. The first-order valence-corrected chi connectivity index (χ1v) is 7.18. The highest BCUT2D eigenvalue weighted by Gasteiger charge is 2.16. The number of rotatable bonds is 7. The zero-order chi connectivity index (χ0) is 13.7. The van der Waals surface area contributed by atoms with Gasteiger partial charge in [-0.25, -0.2) is 0 Å². The summed E-state index contributed by atoms with van der Waals surface area (Å²) in [6.07, 6.45) is 2.21. The minimum absolute atomic E-state index is 0.289. The molecule has 2 aromatic rings. The van der Waals surface area contributed by atoms with Crippen LogP contribution in [0.15, 0.2) is 28.7 Å². The summed E-state index contributed by atoms with van der Waals surface area (Å²) in [7, 11) is 0. The topological polar surface area (TPSA) is 34.4 Å². The largest absolute Gasteiger partial charge is 0.490 e. The molecule has 0 radical (unpaired) electrons. The van der Waals surface area contributed by atoms with Crippen LogP contribution in [0.4, 0.5) is 0 Å². The van der Waals surface area contributed by atoms with Gasteiger partial charge in [0.25, 0.3) is 0 Å². The third-order valence-electron chi connectivity index (χ3n) is 3.20. The van der Waals surface area contributed by atoms with E-state index in [1.54, 1.807) is 0 Å². The van der Waals surface area contributed by atoms with E-state index in [4.69, 9.17) is 9.15 Å². The van der Waals surface area contributed by atoms with Crippen LogP contribution in [0.5, 0.6) is 5.75 Å². The quantitative estimate of drug-likeness (QED) is 0.807. The van der Waals surface area contributed by atoms with Gasteiger partial charge in [-0.05, 0) is 32.0 Å². The molecule has 0 bridgehead atoms. The summed E-state index contributed by atoms with van der Waals surface area (Å²) in [4.78, 5) is 0. The summed E-state index contributed by atoms with van der Waals surface area (Å²) in [5, 5.41) is 4.59. The van der Waals surface area contributed by atoms with Crippen LogP contribution in [0.1, 0.15) is 45.4 Å². The van der Waals surface area contributed by atoms with Gasteiger partial charge in [-0.1, -0.05) is 32.4 Å². The fraction of sp³-hybridized carbons (Fsp3) is 0.500. The molecule has 1 aromatic carbocycles. The molecule has 1 aromatic heterocycles. The zero-order valence-electron chi connectivity index (χ0n) is 12.0. The average Bonchev–Trinajstić information content (AvgIpc) is 2.84. The van der Waals surface area contributed by atoms with E-state index < -0.39 is 0 Å². The van der Waals surface area contributed by atoms with Crippen molar-refractivity contribution in [3.63, 3.8) is 0 Å². The fourth-order valence-electron chi connectivity index (χ4n) is 2.38. The monoisotopic (exact) mass is 261 g/mol. The molecule has 104 valence electrons. The molecule has 0 aliphatic rings. The molecule has 0 amide bonds. The molecular formula is C16H23NO2. The smallest absolute Gasteiger partial charge is 0.176 e. The van der Waals surface area contributed by atoms with E-state index in [9.17, 15) is 0 Å². The molecule has 0 aliphatic heterocycles. The Morgan fingerprint density at radius 3 is 2.79 bits per heavy atom. The Bertz CT molecular complexity index is 512. The average molecular weight is 261 g/mol. The molecule has 3 nitrogen and oxygen atoms in total. The molecular weight excluding hydrogens is 238 g/mol. The zero-order valence-corrected chi connectivity index (χ0v) is 12.0. The molecule has 1 N–H and O–H groups in total. The van der Waals surface area contributed by atoms with E-state index in [1.807, 2.05) is 19.1 Å². The molecule has 0 spiro atoms. The minimum atomic E-state index is 0.289. The van der Waals surface area contributed by atoms with Gasteiger partial charge in [-0.2, -0.15) is 0 Å². The van der Waals surface area contributed by atoms with Crippen LogP contribution < -0.4 is 10.1 Å². The Morgan fingerprint density at radius 2 is 2.11 bits per heavy atom. The molecule has 2 rings (SSSR count). The Kier molecular flexibility index (Phi) is 4.86. The number of benzene rings is 1. The summed E-state index contributed by atoms with van der Waals surface area (Å²) >= 11 is 0. The predicted molar refractivity (Wildman–Crippen MR) is 78.7 cm³/mol. The Labute approximate surface area is 114 Å². The van der Waals surface area contributed by atoms with Crippen molar-refractivity contribution in [2.75, 3.05) is 13.2 Å². The molecule has 1 unspecified atom stereocenters. The standard InChI is InChI=1S/C16H23NO2/c1-4-8-13(17-5-2)15-11-12-9-7-10-14(18-6-3)16(12)19-15/h7,9-11,13,17H,4-6,8H2,1-3H3. The van der Waals surface area contributed by atoms with E-state index in [0.29, 0.717) is 6.61 Å². The van der Waals surface area contributed by atoms with Gasteiger partial charge in [0.1, 0.15) is 5.76 Å². The van der Waals surface area contributed by atoms with E-state index >= 15 is 0 Å². The maximum Gasteiger partial charge on any atom is 0.176 e. The lowest BCUT2D eigenvalue weighted by Crippen LogP contribution is -2.20.